The van der Waals surface area contributed by atoms with Crippen molar-refractivity contribution in [2.24, 2.45) is 5.92 Å². The van der Waals surface area contributed by atoms with Crippen molar-refractivity contribution < 1.29 is 42.2 Å². The molecule has 0 spiro atoms. The molecule has 4 N–H and O–H groups in total. The minimum absolute atomic E-state index is 0.0583. The molecule has 2 rings (SSSR count). The van der Waals surface area contributed by atoms with Crippen molar-refractivity contribution in [2.45, 2.75) is 50.9 Å². The van der Waals surface area contributed by atoms with Gasteiger partial charge in [-0.3, -0.25) is 14.4 Å². The maximum absolute atomic E-state index is 15.3. The summed E-state index contributed by atoms with van der Waals surface area (Å²) in [5.74, 6) is -3.92. The first kappa shape index (κ1) is 33.0. The van der Waals surface area contributed by atoms with E-state index in [0.717, 1.165) is 0 Å². The van der Waals surface area contributed by atoms with Crippen molar-refractivity contribution >= 4 is 27.0 Å². The number of rotatable bonds is 12. The van der Waals surface area contributed by atoms with Gasteiger partial charge in [-0.2, -0.15) is 13.2 Å². The van der Waals surface area contributed by atoms with E-state index in [-0.39, 0.29) is 23.3 Å². The topological polar surface area (TPSA) is 119 Å². The summed E-state index contributed by atoms with van der Waals surface area (Å²) in [4.78, 5) is 39.5. The predicted molar refractivity (Wildman–Crippen MR) is 144 cm³/mol. The lowest BCUT2D eigenvalue weighted by Gasteiger charge is -2.34. The second kappa shape index (κ2) is 13.9. The van der Waals surface area contributed by atoms with Crippen molar-refractivity contribution in [1.29, 1.82) is 0 Å². The van der Waals surface area contributed by atoms with Crippen molar-refractivity contribution in [3.05, 3.63) is 65.2 Å². The first-order valence-electron chi connectivity index (χ1n) is 12.4. The molecule has 0 heterocycles. The summed E-state index contributed by atoms with van der Waals surface area (Å²) < 4.78 is 53.0. The van der Waals surface area contributed by atoms with Crippen LogP contribution in [-0.4, -0.2) is 76.2 Å². The number of hydrogen-bond donors (Lipinski definition) is 4. The van der Waals surface area contributed by atoms with Crippen LogP contribution in [0.4, 0.5) is 17.6 Å². The number of carbonyl (C=O) groups is 3. The molecule has 4 atom stereocenters. The van der Waals surface area contributed by atoms with E-state index in [1.165, 1.54) is 39.0 Å². The highest BCUT2D eigenvalue weighted by molar-refractivity contribution is 7.18. The molecule has 220 valence electrons. The average Bonchev–Trinajstić information content (AvgIpc) is 2.87. The lowest BCUT2D eigenvalue weighted by molar-refractivity contribution is -0.148. The van der Waals surface area contributed by atoms with Gasteiger partial charge >= 0.3 is 6.18 Å². The van der Waals surface area contributed by atoms with Crippen molar-refractivity contribution in [3.63, 3.8) is 0 Å². The van der Waals surface area contributed by atoms with Gasteiger partial charge in [0.05, 0.1) is 19.1 Å². The van der Waals surface area contributed by atoms with Crippen LogP contribution in [0.5, 0.6) is 5.75 Å². The third kappa shape index (κ3) is 9.75. The predicted octanol–water partition coefficient (Wildman–Crippen LogP) is 3.11. The molecule has 8 nitrogen and oxygen atoms in total. The molecule has 40 heavy (non-hydrogen) atoms. The number of phenols is 1. The zero-order valence-electron chi connectivity index (χ0n) is 22.3. The van der Waals surface area contributed by atoms with Gasteiger partial charge in [-0.05, 0) is 37.0 Å². The van der Waals surface area contributed by atoms with Gasteiger partial charge in [0.2, 0.25) is 5.91 Å². The molecule has 0 radical (unpaired) electrons. The van der Waals surface area contributed by atoms with Gasteiger partial charge in [-0.25, -0.2) is 4.39 Å². The number of nitrogens with one attached hydrogen (secondary N) is 2. The highest BCUT2D eigenvalue weighted by atomic mass is 31.0. The Morgan fingerprint density at radius 2 is 1.65 bits per heavy atom. The maximum Gasteiger partial charge on any atom is 0.405 e. The Morgan fingerprint density at radius 1 is 1.02 bits per heavy atom. The standard InChI is InChI=1S/C27H34F4N3O5P/c1-16(2)26(28,40)15-34(13-22(36)32-14-27(29,30)31)25(39)23(37)20(12-18-8-5-4-6-9-18)33-24(38)19-10-7-11-21(35)17(19)3/h4-11,16,20,23,35,37H,12-15,40H2,1-3H3,(H,32,36)(H,33,38)/t20-,23-,26?/m0/s1. The molecular formula is C27H34F4N3O5P. The number of carbonyl (C=O) groups excluding carboxylic acids is 3. The Kier molecular flexibility index (Phi) is 11.5. The fraction of sp³-hybridized carbons (Fsp3) is 0.444. The quantitative estimate of drug-likeness (QED) is 0.225. The maximum atomic E-state index is 15.3. The van der Waals surface area contributed by atoms with Gasteiger partial charge in [0.1, 0.15) is 17.7 Å². The van der Waals surface area contributed by atoms with Gasteiger partial charge in [-0.1, -0.05) is 59.5 Å². The molecule has 2 aromatic rings. The molecule has 0 aliphatic rings. The average molecular weight is 588 g/mol. The number of aliphatic hydroxyl groups is 1. The second-order valence-corrected chi connectivity index (χ2v) is 10.8. The fourth-order valence-corrected chi connectivity index (χ4v) is 3.92. The van der Waals surface area contributed by atoms with Gasteiger partial charge in [-0.15, -0.1) is 0 Å². The number of amides is 3. The minimum atomic E-state index is -4.71. The Bertz CT molecular complexity index is 1180. The summed E-state index contributed by atoms with van der Waals surface area (Å²) in [7, 11) is 1.92. The summed E-state index contributed by atoms with van der Waals surface area (Å²) in [6, 6.07) is 11.5. The molecular weight excluding hydrogens is 553 g/mol. The van der Waals surface area contributed by atoms with Crippen LogP contribution in [0, 0.1) is 12.8 Å². The molecule has 0 bridgehead atoms. The number of benzene rings is 2. The van der Waals surface area contributed by atoms with Crippen LogP contribution in [0.25, 0.3) is 0 Å². The van der Waals surface area contributed by atoms with E-state index in [2.05, 4.69) is 5.32 Å². The third-order valence-electron chi connectivity index (χ3n) is 6.32. The van der Waals surface area contributed by atoms with Crippen LogP contribution >= 0.6 is 9.24 Å². The molecule has 2 aromatic carbocycles. The number of phenolic OH excluding ortho intramolecular Hbond substituents is 1. The van der Waals surface area contributed by atoms with Gasteiger partial charge in [0.25, 0.3) is 11.8 Å². The van der Waals surface area contributed by atoms with Gasteiger partial charge in [0.15, 0.2) is 6.10 Å². The highest BCUT2D eigenvalue weighted by Gasteiger charge is 2.38. The number of aromatic hydroxyl groups is 1. The first-order valence-corrected chi connectivity index (χ1v) is 13.0. The van der Waals surface area contributed by atoms with Crippen molar-refractivity contribution in [2.75, 3.05) is 19.6 Å². The Labute approximate surface area is 232 Å². The van der Waals surface area contributed by atoms with E-state index in [1.807, 2.05) is 9.24 Å². The van der Waals surface area contributed by atoms with E-state index in [1.54, 1.807) is 35.6 Å². The van der Waals surface area contributed by atoms with Crippen molar-refractivity contribution in [3.8, 4) is 5.75 Å². The van der Waals surface area contributed by atoms with Gasteiger partial charge in [0, 0.05) is 11.1 Å². The molecule has 0 aliphatic carbocycles. The van der Waals surface area contributed by atoms with Crippen LogP contribution in [0.3, 0.4) is 0 Å². The first-order chi connectivity index (χ1) is 18.5. The fourth-order valence-electron chi connectivity index (χ4n) is 3.70. The number of hydrogen-bond acceptors (Lipinski definition) is 5. The molecule has 0 aromatic heterocycles. The number of aliphatic hydroxyl groups excluding tert-OH is 1. The molecule has 0 saturated heterocycles. The third-order valence-corrected chi connectivity index (χ3v) is 7.17. The molecule has 13 heteroatoms. The summed E-state index contributed by atoms with van der Waals surface area (Å²) in [5.41, 5.74) is 0.952. The van der Waals surface area contributed by atoms with E-state index in [0.29, 0.717) is 10.5 Å². The SMILES string of the molecule is Cc1c(O)cccc1C(=O)N[C@@H](Cc1ccccc1)[C@H](O)C(=O)N(CC(=O)NCC(F)(F)F)CC(F)(P)C(C)C. The summed E-state index contributed by atoms with van der Waals surface area (Å²) in [6.07, 6.45) is -6.77. The normalized spacial score (nSPS) is 14.7. The Hall–Kier alpha value is -3.24. The minimum Gasteiger partial charge on any atom is -0.508 e. The smallest absolute Gasteiger partial charge is 0.405 e. The number of alkyl halides is 4. The monoisotopic (exact) mass is 587 g/mol. The molecule has 0 fully saturated rings. The lowest BCUT2D eigenvalue weighted by atomic mass is 9.98. The zero-order valence-corrected chi connectivity index (χ0v) is 23.5. The van der Waals surface area contributed by atoms with Crippen LogP contribution in [-0.2, 0) is 16.0 Å². The summed E-state index contributed by atoms with van der Waals surface area (Å²) >= 11 is 0. The highest BCUT2D eigenvalue weighted by Crippen LogP contribution is 2.31. The van der Waals surface area contributed by atoms with Crippen molar-refractivity contribution in [1.82, 2.24) is 15.5 Å². The Morgan fingerprint density at radius 3 is 2.23 bits per heavy atom. The largest absolute Gasteiger partial charge is 0.508 e. The lowest BCUT2D eigenvalue weighted by Crippen LogP contribution is -2.56. The number of nitrogens with zero attached hydrogens (tertiary/aromatic N) is 1. The molecule has 0 saturated carbocycles. The van der Waals surface area contributed by atoms with E-state index in [9.17, 15) is 37.8 Å². The molecule has 3 amide bonds. The molecule has 0 aliphatic heterocycles. The number of halogens is 4. The van der Waals surface area contributed by atoms with E-state index in [4.69, 9.17) is 0 Å². The second-order valence-electron chi connectivity index (χ2n) is 9.83. The van der Waals surface area contributed by atoms with Crippen LogP contribution in [0.15, 0.2) is 48.5 Å². The van der Waals surface area contributed by atoms with Gasteiger partial charge < -0.3 is 25.7 Å². The molecule has 2 unspecified atom stereocenters. The van der Waals surface area contributed by atoms with E-state index >= 15 is 4.39 Å². The van der Waals surface area contributed by atoms with Crippen LogP contribution in [0.1, 0.15) is 35.3 Å². The Balaban J connectivity index is 2.38. The van der Waals surface area contributed by atoms with Crippen LogP contribution in [0.2, 0.25) is 0 Å². The summed E-state index contributed by atoms with van der Waals surface area (Å²) in [5, 5.41) is 23.2. The van der Waals surface area contributed by atoms with Crippen LogP contribution < -0.4 is 10.6 Å². The zero-order chi connectivity index (χ0) is 30.3. The summed E-state index contributed by atoms with van der Waals surface area (Å²) in [6.45, 7) is 1.17. The van der Waals surface area contributed by atoms with E-state index < -0.39 is 67.0 Å².